The number of imidazole rings is 1. The number of rotatable bonds is 8. The maximum Gasteiger partial charge on any atom is 0.310 e. The van der Waals surface area contributed by atoms with Crippen LogP contribution >= 0.6 is 0 Å². The zero-order valence-electron chi connectivity index (χ0n) is 16.6. The maximum absolute atomic E-state index is 12.3. The molecule has 0 bridgehead atoms. The second-order valence-electron chi connectivity index (χ2n) is 6.87. The molecule has 10 heteroatoms. The molecule has 3 aromatic rings. The van der Waals surface area contributed by atoms with Crippen LogP contribution in [0.2, 0.25) is 0 Å². The second kappa shape index (κ2) is 8.34. The molecular weight excluding hydrogens is 396 g/mol. The molecule has 2 N–H and O–H groups in total. The van der Waals surface area contributed by atoms with Crippen molar-refractivity contribution in [1.29, 1.82) is 0 Å². The van der Waals surface area contributed by atoms with Gasteiger partial charge in [-0.25, -0.2) is 18.5 Å². The summed E-state index contributed by atoms with van der Waals surface area (Å²) in [5.74, 6) is 0.719. The lowest BCUT2D eigenvalue weighted by atomic mass is 10.1. The quantitative estimate of drug-likeness (QED) is 0.554. The Morgan fingerprint density at radius 3 is 2.69 bits per heavy atom. The molecule has 2 aromatic heterocycles. The van der Waals surface area contributed by atoms with Gasteiger partial charge in [-0.05, 0) is 38.5 Å². The molecule has 0 saturated heterocycles. The van der Waals surface area contributed by atoms with Crippen molar-refractivity contribution in [2.45, 2.75) is 58.1 Å². The highest BCUT2D eigenvalue weighted by Gasteiger charge is 2.18. The summed E-state index contributed by atoms with van der Waals surface area (Å²) in [7, 11) is -3.83. The van der Waals surface area contributed by atoms with Crippen LogP contribution in [-0.2, 0) is 39.1 Å². The molecule has 0 aliphatic carbocycles. The molecule has 1 aromatic carbocycles. The number of benzene rings is 1. The van der Waals surface area contributed by atoms with Gasteiger partial charge in [-0.15, -0.1) is 0 Å². The SMILES string of the molecule is CCCCn1c(COC(=O)Cc2c(C)noc2C)nc2cc(S(N)(=O)=O)ccc21. The first kappa shape index (κ1) is 21.0. The molecule has 0 amide bonds. The number of sulfonamides is 1. The highest BCUT2D eigenvalue weighted by Crippen LogP contribution is 2.22. The minimum Gasteiger partial charge on any atom is -0.457 e. The van der Waals surface area contributed by atoms with Gasteiger partial charge in [0.05, 0.1) is 28.0 Å². The molecule has 0 saturated carbocycles. The number of hydrogen-bond donors (Lipinski definition) is 1. The molecule has 2 heterocycles. The number of aryl methyl sites for hydroxylation is 3. The average molecular weight is 420 g/mol. The number of carbonyl (C=O) groups is 1. The minimum absolute atomic E-state index is 0.00732. The fraction of sp³-hybridized carbons (Fsp3) is 0.421. The standard InChI is InChI=1S/C19H24N4O5S/c1-4-5-8-23-17-7-6-14(29(20,25)26)9-16(17)21-18(23)11-27-19(24)10-15-12(2)22-28-13(15)3/h6-7,9H,4-5,8,10-11H2,1-3H3,(H2,20,25,26). The van der Waals surface area contributed by atoms with Crippen molar-refractivity contribution in [2.24, 2.45) is 5.14 Å². The Kier molecular flexibility index (Phi) is 6.04. The van der Waals surface area contributed by atoms with Gasteiger partial charge in [-0.3, -0.25) is 4.79 Å². The van der Waals surface area contributed by atoms with Crippen LogP contribution < -0.4 is 5.14 Å². The van der Waals surface area contributed by atoms with Crippen molar-refractivity contribution in [2.75, 3.05) is 0 Å². The van der Waals surface area contributed by atoms with E-state index in [2.05, 4.69) is 17.1 Å². The van der Waals surface area contributed by atoms with E-state index >= 15 is 0 Å². The van der Waals surface area contributed by atoms with E-state index in [0.29, 0.717) is 34.9 Å². The number of unbranched alkanes of at least 4 members (excludes halogenated alkanes) is 1. The topological polar surface area (TPSA) is 130 Å². The molecule has 0 spiro atoms. The maximum atomic E-state index is 12.3. The molecule has 156 valence electrons. The molecule has 3 rings (SSSR count). The number of nitrogens with two attached hydrogens (primary N) is 1. The average Bonchev–Trinajstić information content (AvgIpc) is 3.17. The molecule has 0 fully saturated rings. The number of fused-ring (bicyclic) bond motifs is 1. The fourth-order valence-corrected chi connectivity index (χ4v) is 3.64. The minimum atomic E-state index is -3.83. The second-order valence-corrected chi connectivity index (χ2v) is 8.43. The summed E-state index contributed by atoms with van der Waals surface area (Å²) < 4.78 is 35.7. The number of primary sulfonamides is 1. The van der Waals surface area contributed by atoms with Crippen LogP contribution in [0, 0.1) is 13.8 Å². The molecule has 9 nitrogen and oxygen atoms in total. The third-order valence-corrected chi connectivity index (χ3v) is 5.64. The van der Waals surface area contributed by atoms with Gasteiger partial charge in [0.25, 0.3) is 0 Å². The van der Waals surface area contributed by atoms with E-state index in [1.807, 2.05) is 4.57 Å². The van der Waals surface area contributed by atoms with Crippen molar-refractivity contribution in [3.05, 3.63) is 41.0 Å². The fourth-order valence-electron chi connectivity index (χ4n) is 3.11. The first-order valence-electron chi connectivity index (χ1n) is 9.30. The van der Waals surface area contributed by atoms with Crippen LogP contribution in [0.4, 0.5) is 0 Å². The summed E-state index contributed by atoms with van der Waals surface area (Å²) in [5, 5.41) is 9.05. The van der Waals surface area contributed by atoms with Crippen LogP contribution in [-0.4, -0.2) is 29.1 Å². The Hall–Kier alpha value is -2.72. The zero-order chi connectivity index (χ0) is 21.2. The van der Waals surface area contributed by atoms with Crippen molar-refractivity contribution < 1.29 is 22.5 Å². The summed E-state index contributed by atoms with van der Waals surface area (Å²) in [6.07, 6.45) is 1.94. The normalized spacial score (nSPS) is 11.9. The smallest absolute Gasteiger partial charge is 0.310 e. The van der Waals surface area contributed by atoms with Crippen molar-refractivity contribution in [1.82, 2.24) is 14.7 Å². The summed E-state index contributed by atoms with van der Waals surface area (Å²) in [4.78, 5) is 16.8. The number of aromatic nitrogens is 3. The Labute approximate surface area is 168 Å². The van der Waals surface area contributed by atoms with Gasteiger partial charge >= 0.3 is 5.97 Å². The lowest BCUT2D eigenvalue weighted by Gasteiger charge is -2.09. The van der Waals surface area contributed by atoms with Crippen molar-refractivity contribution in [3.8, 4) is 0 Å². The molecule has 0 radical (unpaired) electrons. The zero-order valence-corrected chi connectivity index (χ0v) is 17.5. The molecule has 0 aliphatic rings. The molecule has 0 atom stereocenters. The third-order valence-electron chi connectivity index (χ3n) is 4.73. The van der Waals surface area contributed by atoms with Gasteiger partial charge in [0, 0.05) is 12.1 Å². The lowest BCUT2D eigenvalue weighted by molar-refractivity contribution is -0.144. The number of nitrogens with zero attached hydrogens (tertiary/aromatic N) is 3. The molecule has 0 unspecified atom stereocenters. The first-order chi connectivity index (χ1) is 13.7. The third kappa shape index (κ3) is 4.65. The van der Waals surface area contributed by atoms with E-state index in [1.165, 1.54) is 12.1 Å². The number of esters is 1. The van der Waals surface area contributed by atoms with Crippen LogP contribution in [0.1, 0.15) is 42.6 Å². The predicted molar refractivity (Wildman–Crippen MR) is 105 cm³/mol. The van der Waals surface area contributed by atoms with Crippen molar-refractivity contribution >= 4 is 27.0 Å². The summed E-state index contributed by atoms with van der Waals surface area (Å²) in [6.45, 7) is 6.24. The van der Waals surface area contributed by atoms with E-state index in [4.69, 9.17) is 14.4 Å². The van der Waals surface area contributed by atoms with Gasteiger partial charge in [0.15, 0.2) is 0 Å². The molecule has 0 aliphatic heterocycles. The molecular formula is C19H24N4O5S. The summed E-state index contributed by atoms with van der Waals surface area (Å²) >= 11 is 0. The summed E-state index contributed by atoms with van der Waals surface area (Å²) in [6, 6.07) is 4.56. The van der Waals surface area contributed by atoms with E-state index in [-0.39, 0.29) is 17.9 Å². The first-order valence-corrected chi connectivity index (χ1v) is 10.8. The van der Waals surface area contributed by atoms with Crippen molar-refractivity contribution in [3.63, 3.8) is 0 Å². The van der Waals surface area contributed by atoms with Crippen LogP contribution in [0.3, 0.4) is 0 Å². The van der Waals surface area contributed by atoms with Crippen LogP contribution in [0.15, 0.2) is 27.6 Å². The number of ether oxygens (including phenoxy) is 1. The van der Waals surface area contributed by atoms with Gasteiger partial charge in [0.2, 0.25) is 10.0 Å². The van der Waals surface area contributed by atoms with E-state index < -0.39 is 16.0 Å². The Balaban J connectivity index is 1.84. The van der Waals surface area contributed by atoms with Crippen LogP contribution in [0.5, 0.6) is 0 Å². The Morgan fingerprint density at radius 2 is 2.07 bits per heavy atom. The van der Waals surface area contributed by atoms with Gasteiger partial charge < -0.3 is 13.8 Å². The van der Waals surface area contributed by atoms with Gasteiger partial charge in [-0.1, -0.05) is 18.5 Å². The number of hydrogen-bond acceptors (Lipinski definition) is 7. The lowest BCUT2D eigenvalue weighted by Crippen LogP contribution is -2.12. The van der Waals surface area contributed by atoms with Gasteiger partial charge in [0.1, 0.15) is 18.2 Å². The highest BCUT2D eigenvalue weighted by atomic mass is 32.2. The molecule has 29 heavy (non-hydrogen) atoms. The Morgan fingerprint density at radius 1 is 1.31 bits per heavy atom. The Bertz CT molecular complexity index is 1130. The largest absolute Gasteiger partial charge is 0.457 e. The van der Waals surface area contributed by atoms with E-state index in [0.717, 1.165) is 18.4 Å². The highest BCUT2D eigenvalue weighted by molar-refractivity contribution is 7.89. The van der Waals surface area contributed by atoms with Gasteiger partial charge in [-0.2, -0.15) is 0 Å². The summed E-state index contributed by atoms with van der Waals surface area (Å²) in [5.41, 5.74) is 2.63. The number of carbonyl (C=O) groups excluding carboxylic acids is 1. The monoisotopic (exact) mass is 420 g/mol. The van der Waals surface area contributed by atoms with E-state index in [1.54, 1.807) is 19.9 Å². The van der Waals surface area contributed by atoms with Crippen LogP contribution in [0.25, 0.3) is 11.0 Å². The van der Waals surface area contributed by atoms with E-state index in [9.17, 15) is 13.2 Å². The predicted octanol–water partition coefficient (Wildman–Crippen LogP) is 2.37.